The molecule has 128 valence electrons. The summed E-state index contributed by atoms with van der Waals surface area (Å²) in [5.41, 5.74) is 2.34. The Morgan fingerprint density at radius 2 is 2.00 bits per heavy atom. The first-order valence-corrected chi connectivity index (χ1v) is 7.76. The van der Waals surface area contributed by atoms with E-state index in [1.807, 2.05) is 12.1 Å². The number of carbonyl (C=O) groups is 1. The second-order valence-corrected chi connectivity index (χ2v) is 5.45. The fraction of sp³-hybridized carbons (Fsp3) is 0.176. The van der Waals surface area contributed by atoms with Gasteiger partial charge in [0.1, 0.15) is 5.82 Å². The highest BCUT2D eigenvalue weighted by Crippen LogP contribution is 2.14. The molecule has 0 radical (unpaired) electrons. The summed E-state index contributed by atoms with van der Waals surface area (Å²) in [5, 5.41) is 16.9. The average Bonchev–Trinajstić information content (AvgIpc) is 3.03. The van der Waals surface area contributed by atoms with Crippen molar-refractivity contribution in [2.75, 3.05) is 11.9 Å². The lowest BCUT2D eigenvalue weighted by molar-refractivity contribution is 0.252. The van der Waals surface area contributed by atoms with Crippen molar-refractivity contribution in [2.24, 2.45) is 0 Å². The van der Waals surface area contributed by atoms with Crippen LogP contribution in [0.3, 0.4) is 0 Å². The summed E-state index contributed by atoms with van der Waals surface area (Å²) in [4.78, 5) is 12.0. The molecule has 1 heterocycles. The molecular formula is C17H17FN6O. The topological polar surface area (TPSA) is 84.7 Å². The molecule has 0 unspecified atom stereocenters. The summed E-state index contributed by atoms with van der Waals surface area (Å²) in [5.74, 6) is 0.382. The average molecular weight is 340 g/mol. The van der Waals surface area contributed by atoms with Crippen LogP contribution >= 0.6 is 0 Å². The van der Waals surface area contributed by atoms with Crippen LogP contribution in [0.15, 0.2) is 48.5 Å². The fourth-order valence-electron chi connectivity index (χ4n) is 2.33. The Hall–Kier alpha value is -3.29. The molecule has 0 spiro atoms. The number of hydrogen-bond acceptors (Lipinski definition) is 4. The largest absolute Gasteiger partial charge is 0.338 e. The normalized spacial score (nSPS) is 10.5. The zero-order valence-electron chi connectivity index (χ0n) is 13.6. The number of amides is 2. The molecule has 2 N–H and O–H groups in total. The van der Waals surface area contributed by atoms with Crippen molar-refractivity contribution in [3.63, 3.8) is 0 Å². The minimum absolute atomic E-state index is 0.271. The maximum Gasteiger partial charge on any atom is 0.319 e. The van der Waals surface area contributed by atoms with Crippen LogP contribution in [0.5, 0.6) is 0 Å². The molecule has 3 rings (SSSR count). The zero-order valence-corrected chi connectivity index (χ0v) is 13.6. The highest BCUT2D eigenvalue weighted by atomic mass is 19.1. The molecule has 8 heteroatoms. The number of aromatic nitrogens is 4. The zero-order chi connectivity index (χ0) is 17.6. The Bertz CT molecular complexity index is 862. The number of carbonyl (C=O) groups excluding carboxylic acids is 1. The molecule has 2 aromatic carbocycles. The highest BCUT2D eigenvalue weighted by molar-refractivity contribution is 5.89. The van der Waals surface area contributed by atoms with E-state index in [1.165, 1.54) is 12.1 Å². The molecule has 0 saturated carbocycles. The number of benzene rings is 2. The third-order valence-corrected chi connectivity index (χ3v) is 3.59. The fourth-order valence-corrected chi connectivity index (χ4v) is 2.33. The number of rotatable bonds is 5. The van der Waals surface area contributed by atoms with Gasteiger partial charge in [-0.25, -0.2) is 9.18 Å². The number of nitrogens with zero attached hydrogens (tertiary/aromatic N) is 4. The van der Waals surface area contributed by atoms with Gasteiger partial charge in [0, 0.05) is 12.2 Å². The van der Waals surface area contributed by atoms with Crippen LogP contribution in [0.25, 0.3) is 5.69 Å². The Labute approximate surface area is 143 Å². The molecular weight excluding hydrogens is 323 g/mol. The van der Waals surface area contributed by atoms with Gasteiger partial charge in [-0.1, -0.05) is 18.2 Å². The standard InChI is InChI=1S/C17H17FN6O/c1-12-21-22-23-24(12)16-4-2-3-15(11-16)20-17(25)19-10-9-13-5-7-14(18)8-6-13/h2-8,11H,9-10H2,1H3,(H2,19,20,25). The van der Waals surface area contributed by atoms with Crippen LogP contribution in [0, 0.1) is 12.7 Å². The van der Waals surface area contributed by atoms with Crippen molar-refractivity contribution in [3.05, 3.63) is 65.7 Å². The van der Waals surface area contributed by atoms with Crippen molar-refractivity contribution in [2.45, 2.75) is 13.3 Å². The molecule has 1 aromatic heterocycles. The summed E-state index contributed by atoms with van der Waals surface area (Å²) in [7, 11) is 0. The van der Waals surface area contributed by atoms with Crippen LogP contribution in [-0.2, 0) is 6.42 Å². The number of anilines is 1. The van der Waals surface area contributed by atoms with Crippen molar-refractivity contribution < 1.29 is 9.18 Å². The summed E-state index contributed by atoms with van der Waals surface area (Å²) in [6, 6.07) is 13.1. The molecule has 7 nitrogen and oxygen atoms in total. The van der Waals surface area contributed by atoms with E-state index in [-0.39, 0.29) is 11.8 Å². The molecule has 0 bridgehead atoms. The van der Waals surface area contributed by atoms with Gasteiger partial charge < -0.3 is 10.6 Å². The SMILES string of the molecule is Cc1nnnn1-c1cccc(NC(=O)NCCc2ccc(F)cc2)c1. The minimum atomic E-state index is -0.312. The molecule has 0 aliphatic carbocycles. The van der Waals surface area contributed by atoms with Gasteiger partial charge >= 0.3 is 6.03 Å². The van der Waals surface area contributed by atoms with Crippen LogP contribution in [-0.4, -0.2) is 32.8 Å². The molecule has 25 heavy (non-hydrogen) atoms. The van der Waals surface area contributed by atoms with E-state index in [2.05, 4.69) is 26.2 Å². The molecule has 3 aromatic rings. The predicted octanol–water partition coefficient (Wildman–Crippen LogP) is 2.47. The van der Waals surface area contributed by atoms with Crippen molar-refractivity contribution in [1.29, 1.82) is 0 Å². The molecule has 0 aliphatic heterocycles. The number of tetrazole rings is 1. The first kappa shape index (κ1) is 16.6. The van der Waals surface area contributed by atoms with Gasteiger partial charge in [-0.05, 0) is 59.7 Å². The summed E-state index contributed by atoms with van der Waals surface area (Å²) in [6.45, 7) is 2.24. The predicted molar refractivity (Wildman–Crippen MR) is 91.0 cm³/mol. The first-order valence-electron chi connectivity index (χ1n) is 7.76. The maximum atomic E-state index is 12.8. The van der Waals surface area contributed by atoms with Gasteiger partial charge in [-0.15, -0.1) is 5.10 Å². The molecule has 2 amide bonds. The summed E-state index contributed by atoms with van der Waals surface area (Å²) in [6.07, 6.45) is 0.623. The first-order chi connectivity index (χ1) is 12.1. The van der Waals surface area contributed by atoms with Gasteiger partial charge in [-0.3, -0.25) is 0 Å². The molecule has 0 fully saturated rings. The smallest absolute Gasteiger partial charge is 0.319 e. The van der Waals surface area contributed by atoms with Gasteiger partial charge in [0.25, 0.3) is 0 Å². The van der Waals surface area contributed by atoms with Crippen LogP contribution in [0.1, 0.15) is 11.4 Å². The van der Waals surface area contributed by atoms with E-state index < -0.39 is 0 Å². The highest BCUT2D eigenvalue weighted by Gasteiger charge is 2.06. The Morgan fingerprint density at radius 3 is 2.72 bits per heavy atom. The Balaban J connectivity index is 1.54. The van der Waals surface area contributed by atoms with Crippen molar-refractivity contribution >= 4 is 11.7 Å². The maximum absolute atomic E-state index is 12.8. The molecule has 0 aliphatic rings. The second-order valence-electron chi connectivity index (χ2n) is 5.45. The van der Waals surface area contributed by atoms with Crippen LogP contribution < -0.4 is 10.6 Å². The van der Waals surface area contributed by atoms with E-state index in [9.17, 15) is 9.18 Å². The Kier molecular flexibility index (Phi) is 4.98. The number of aryl methyl sites for hydroxylation is 1. The van der Waals surface area contributed by atoms with Gasteiger partial charge in [-0.2, -0.15) is 4.68 Å². The lowest BCUT2D eigenvalue weighted by Crippen LogP contribution is -2.30. The monoisotopic (exact) mass is 340 g/mol. The lowest BCUT2D eigenvalue weighted by atomic mass is 10.1. The van der Waals surface area contributed by atoms with Crippen LogP contribution in [0.2, 0.25) is 0 Å². The molecule has 0 atom stereocenters. The number of urea groups is 1. The number of nitrogens with one attached hydrogen (secondary N) is 2. The van der Waals surface area contributed by atoms with E-state index in [4.69, 9.17) is 0 Å². The van der Waals surface area contributed by atoms with Gasteiger partial charge in [0.15, 0.2) is 5.82 Å². The van der Waals surface area contributed by atoms with Crippen molar-refractivity contribution in [1.82, 2.24) is 25.5 Å². The van der Waals surface area contributed by atoms with Crippen molar-refractivity contribution in [3.8, 4) is 5.69 Å². The van der Waals surface area contributed by atoms with Gasteiger partial charge in [0.05, 0.1) is 5.69 Å². The summed E-state index contributed by atoms with van der Waals surface area (Å²) >= 11 is 0. The number of halogens is 1. The second kappa shape index (κ2) is 7.52. The van der Waals surface area contributed by atoms with Gasteiger partial charge in [0.2, 0.25) is 0 Å². The Morgan fingerprint density at radius 1 is 1.20 bits per heavy atom. The van der Waals surface area contributed by atoms with E-state index in [0.29, 0.717) is 24.5 Å². The number of hydrogen-bond donors (Lipinski definition) is 2. The van der Waals surface area contributed by atoms with E-state index >= 15 is 0 Å². The minimum Gasteiger partial charge on any atom is -0.338 e. The third kappa shape index (κ3) is 4.37. The summed E-state index contributed by atoms with van der Waals surface area (Å²) < 4.78 is 14.4. The third-order valence-electron chi connectivity index (χ3n) is 3.59. The molecule has 0 saturated heterocycles. The van der Waals surface area contributed by atoms with E-state index in [1.54, 1.807) is 35.9 Å². The van der Waals surface area contributed by atoms with E-state index in [0.717, 1.165) is 11.3 Å². The van der Waals surface area contributed by atoms with Crippen LogP contribution in [0.4, 0.5) is 14.9 Å². The quantitative estimate of drug-likeness (QED) is 0.747. The lowest BCUT2D eigenvalue weighted by Gasteiger charge is -2.09.